The van der Waals surface area contributed by atoms with Crippen molar-refractivity contribution in [2.45, 2.75) is 0 Å². The van der Waals surface area contributed by atoms with Gasteiger partial charge in [0.2, 0.25) is 5.95 Å². The summed E-state index contributed by atoms with van der Waals surface area (Å²) in [5.41, 5.74) is 5.94. The van der Waals surface area contributed by atoms with E-state index in [1.165, 1.54) is 16.8 Å². The van der Waals surface area contributed by atoms with Gasteiger partial charge >= 0.3 is 0 Å². The zero-order chi connectivity index (χ0) is 10.1. The van der Waals surface area contributed by atoms with Gasteiger partial charge in [0, 0.05) is 10.5 Å². The van der Waals surface area contributed by atoms with Crippen LogP contribution in [0.1, 0.15) is 0 Å². The minimum absolute atomic E-state index is 0.108. The summed E-state index contributed by atoms with van der Waals surface area (Å²) in [7, 11) is 0. The summed E-state index contributed by atoms with van der Waals surface area (Å²) in [6.45, 7) is 0. The largest absolute Gasteiger partial charge is 0.366 e. The van der Waals surface area contributed by atoms with Crippen molar-refractivity contribution in [2.75, 3.05) is 5.73 Å². The summed E-state index contributed by atoms with van der Waals surface area (Å²) in [5, 5.41) is 10.5. The van der Waals surface area contributed by atoms with E-state index in [9.17, 15) is 4.39 Å². The van der Waals surface area contributed by atoms with Crippen molar-refractivity contribution in [3.8, 4) is 5.69 Å². The maximum absolute atomic E-state index is 12.9. The van der Waals surface area contributed by atoms with Crippen LogP contribution in [0.25, 0.3) is 5.69 Å². The van der Waals surface area contributed by atoms with E-state index in [1.54, 1.807) is 6.07 Å². The minimum Gasteiger partial charge on any atom is -0.366 e. The molecule has 1 aromatic heterocycles. The van der Waals surface area contributed by atoms with Gasteiger partial charge in [-0.15, -0.1) is 0 Å². The Hall–Kier alpha value is -1.50. The molecule has 14 heavy (non-hydrogen) atoms. The molecule has 0 radical (unpaired) electrons. The summed E-state index contributed by atoms with van der Waals surface area (Å²) in [6.07, 6.45) is 0. The molecule has 0 unspecified atom stereocenters. The zero-order valence-corrected chi connectivity index (χ0v) is 8.44. The number of hydrogen-bond acceptors (Lipinski definition) is 4. The maximum Gasteiger partial charge on any atom is 0.245 e. The number of hydrogen-bond donors (Lipinski definition) is 1. The molecule has 2 rings (SSSR count). The van der Waals surface area contributed by atoms with Crippen molar-refractivity contribution in [1.29, 1.82) is 0 Å². The number of nitrogen functional groups attached to an aromatic ring is 1. The quantitative estimate of drug-likeness (QED) is 0.832. The maximum atomic E-state index is 12.9. The van der Waals surface area contributed by atoms with E-state index >= 15 is 0 Å². The molecule has 0 saturated carbocycles. The first-order valence-corrected chi connectivity index (χ1v) is 4.47. The summed E-state index contributed by atoms with van der Waals surface area (Å²) < 4.78 is 14.8. The molecule has 2 N–H and O–H groups in total. The second kappa shape index (κ2) is 3.33. The van der Waals surface area contributed by atoms with Gasteiger partial charge < -0.3 is 5.73 Å². The number of tetrazole rings is 1. The van der Waals surface area contributed by atoms with Crippen LogP contribution in [0.3, 0.4) is 0 Å². The molecular formula is C7H5BrFN5. The summed E-state index contributed by atoms with van der Waals surface area (Å²) in [5.74, 6) is -0.269. The highest BCUT2D eigenvalue weighted by atomic mass is 79.9. The molecule has 0 aliphatic carbocycles. The van der Waals surface area contributed by atoms with Crippen molar-refractivity contribution < 1.29 is 4.39 Å². The van der Waals surface area contributed by atoms with Gasteiger partial charge in [-0.2, -0.15) is 4.68 Å². The van der Waals surface area contributed by atoms with Crippen LogP contribution in [0.2, 0.25) is 0 Å². The third-order valence-corrected chi connectivity index (χ3v) is 2.30. The molecule has 1 aromatic carbocycles. The number of anilines is 1. The molecular weight excluding hydrogens is 253 g/mol. The molecule has 0 aliphatic heterocycles. The van der Waals surface area contributed by atoms with Gasteiger partial charge in [-0.1, -0.05) is 5.10 Å². The topological polar surface area (TPSA) is 69.6 Å². The lowest BCUT2D eigenvalue weighted by molar-refractivity contribution is 0.624. The van der Waals surface area contributed by atoms with Crippen LogP contribution in [0.15, 0.2) is 22.7 Å². The van der Waals surface area contributed by atoms with Crippen molar-refractivity contribution in [3.05, 3.63) is 28.5 Å². The number of aromatic nitrogens is 4. The number of nitrogens with two attached hydrogens (primary N) is 1. The van der Waals surface area contributed by atoms with Gasteiger partial charge in [-0.05, 0) is 38.5 Å². The average molecular weight is 258 g/mol. The van der Waals surface area contributed by atoms with Gasteiger partial charge in [-0.3, -0.25) is 0 Å². The summed E-state index contributed by atoms with van der Waals surface area (Å²) in [4.78, 5) is 0. The normalized spacial score (nSPS) is 10.4. The lowest BCUT2D eigenvalue weighted by Crippen LogP contribution is -2.03. The van der Waals surface area contributed by atoms with E-state index in [-0.39, 0.29) is 11.8 Å². The molecule has 5 nitrogen and oxygen atoms in total. The Bertz CT molecular complexity index is 469. The van der Waals surface area contributed by atoms with E-state index in [2.05, 4.69) is 31.5 Å². The highest BCUT2D eigenvalue weighted by molar-refractivity contribution is 9.10. The highest BCUT2D eigenvalue weighted by Crippen LogP contribution is 2.22. The Morgan fingerprint density at radius 3 is 2.86 bits per heavy atom. The van der Waals surface area contributed by atoms with Crippen molar-refractivity contribution in [1.82, 2.24) is 20.2 Å². The molecule has 2 aromatic rings. The standard InChI is InChI=1S/C7H5BrFN5/c8-5-2-1-4(9)3-6(5)14-7(10)11-12-13-14/h1-3H,(H2,10,11,13). The van der Waals surface area contributed by atoms with Crippen molar-refractivity contribution >= 4 is 21.9 Å². The Morgan fingerprint density at radius 1 is 1.43 bits per heavy atom. The lowest BCUT2D eigenvalue weighted by atomic mass is 10.3. The second-order valence-electron chi connectivity index (χ2n) is 2.54. The van der Waals surface area contributed by atoms with Crippen LogP contribution in [-0.2, 0) is 0 Å². The molecule has 0 amide bonds. The summed E-state index contributed by atoms with van der Waals surface area (Å²) >= 11 is 3.25. The van der Waals surface area contributed by atoms with E-state index in [4.69, 9.17) is 5.73 Å². The van der Waals surface area contributed by atoms with Crippen LogP contribution in [0.5, 0.6) is 0 Å². The van der Waals surface area contributed by atoms with Gasteiger partial charge in [0.05, 0.1) is 5.69 Å². The van der Waals surface area contributed by atoms with Gasteiger partial charge in [0.15, 0.2) is 0 Å². The molecule has 0 bridgehead atoms. The van der Waals surface area contributed by atoms with E-state index in [0.29, 0.717) is 10.2 Å². The fraction of sp³-hybridized carbons (Fsp3) is 0. The molecule has 0 fully saturated rings. The van der Waals surface area contributed by atoms with E-state index in [0.717, 1.165) is 0 Å². The van der Waals surface area contributed by atoms with Gasteiger partial charge in [0.25, 0.3) is 0 Å². The molecule has 7 heteroatoms. The highest BCUT2D eigenvalue weighted by Gasteiger charge is 2.08. The molecule has 0 aliphatic rings. The monoisotopic (exact) mass is 257 g/mol. The van der Waals surface area contributed by atoms with Crippen LogP contribution < -0.4 is 5.73 Å². The van der Waals surface area contributed by atoms with Crippen LogP contribution in [-0.4, -0.2) is 20.2 Å². The Balaban J connectivity index is 2.62. The predicted octanol–water partition coefficient (Wildman–Crippen LogP) is 1.15. The minimum atomic E-state index is -0.377. The SMILES string of the molecule is Nc1nnnn1-c1cc(F)ccc1Br. The molecule has 1 heterocycles. The van der Waals surface area contributed by atoms with Crippen LogP contribution >= 0.6 is 15.9 Å². The first-order chi connectivity index (χ1) is 6.68. The number of rotatable bonds is 1. The fourth-order valence-corrected chi connectivity index (χ4v) is 1.43. The van der Waals surface area contributed by atoms with Crippen molar-refractivity contribution in [2.24, 2.45) is 0 Å². The first kappa shape index (κ1) is 9.07. The van der Waals surface area contributed by atoms with Crippen molar-refractivity contribution in [3.63, 3.8) is 0 Å². The third kappa shape index (κ3) is 1.46. The van der Waals surface area contributed by atoms with E-state index < -0.39 is 0 Å². The Morgan fingerprint density at radius 2 is 2.21 bits per heavy atom. The second-order valence-corrected chi connectivity index (χ2v) is 3.40. The number of nitrogens with zero attached hydrogens (tertiary/aromatic N) is 4. The molecule has 72 valence electrons. The van der Waals surface area contributed by atoms with Crippen LogP contribution in [0.4, 0.5) is 10.3 Å². The molecule has 0 saturated heterocycles. The summed E-state index contributed by atoms with van der Waals surface area (Å²) in [6, 6.07) is 4.18. The van der Waals surface area contributed by atoms with Crippen LogP contribution in [0, 0.1) is 5.82 Å². The average Bonchev–Trinajstić information content (AvgIpc) is 2.56. The Labute approximate surface area is 86.8 Å². The third-order valence-electron chi connectivity index (χ3n) is 1.63. The lowest BCUT2D eigenvalue weighted by Gasteiger charge is -2.03. The number of benzene rings is 1. The number of halogens is 2. The smallest absolute Gasteiger partial charge is 0.245 e. The predicted molar refractivity (Wildman–Crippen MR) is 51.2 cm³/mol. The van der Waals surface area contributed by atoms with Gasteiger partial charge in [-0.25, -0.2) is 4.39 Å². The first-order valence-electron chi connectivity index (χ1n) is 3.68. The Kier molecular flexibility index (Phi) is 2.16. The van der Waals surface area contributed by atoms with E-state index in [1.807, 2.05) is 0 Å². The zero-order valence-electron chi connectivity index (χ0n) is 6.85. The fourth-order valence-electron chi connectivity index (χ4n) is 1.01. The van der Waals surface area contributed by atoms with Gasteiger partial charge in [0.1, 0.15) is 5.82 Å². The molecule has 0 spiro atoms. The molecule has 0 atom stereocenters.